The summed E-state index contributed by atoms with van der Waals surface area (Å²) >= 11 is 1.96. The van der Waals surface area contributed by atoms with Crippen molar-refractivity contribution < 1.29 is 4.79 Å². The Morgan fingerprint density at radius 3 is 3.06 bits per heavy atom. The maximum atomic E-state index is 11.5. The highest BCUT2D eigenvalue weighted by molar-refractivity contribution is 7.99. The van der Waals surface area contributed by atoms with Crippen LogP contribution in [0.5, 0.6) is 0 Å². The Bertz CT molecular complexity index is 432. The monoisotopic (exact) mass is 264 g/mol. The minimum Gasteiger partial charge on any atom is -0.384 e. The number of carbonyl (C=O) groups is 1. The van der Waals surface area contributed by atoms with Gasteiger partial charge in [-0.25, -0.2) is 0 Å². The predicted molar refractivity (Wildman–Crippen MR) is 78.3 cm³/mol. The molecule has 98 valence electrons. The molecule has 0 atom stereocenters. The second-order valence-electron chi connectivity index (χ2n) is 4.95. The number of hydrogen-bond acceptors (Lipinski definition) is 3. The van der Waals surface area contributed by atoms with E-state index in [9.17, 15) is 4.79 Å². The van der Waals surface area contributed by atoms with Crippen LogP contribution >= 0.6 is 11.8 Å². The predicted octanol–water partition coefficient (Wildman–Crippen LogP) is 2.73. The van der Waals surface area contributed by atoms with Crippen molar-refractivity contribution in [3.8, 4) is 0 Å². The van der Waals surface area contributed by atoms with Crippen LogP contribution in [0.2, 0.25) is 0 Å². The van der Waals surface area contributed by atoms with Gasteiger partial charge in [-0.3, -0.25) is 4.79 Å². The van der Waals surface area contributed by atoms with Crippen LogP contribution < -0.4 is 10.6 Å². The molecule has 0 spiro atoms. The largest absolute Gasteiger partial charge is 0.384 e. The van der Waals surface area contributed by atoms with E-state index in [4.69, 9.17) is 0 Å². The van der Waals surface area contributed by atoms with Crippen LogP contribution in [0.15, 0.2) is 18.2 Å². The molecule has 1 heterocycles. The van der Waals surface area contributed by atoms with Gasteiger partial charge >= 0.3 is 0 Å². The standard InChI is InChI=1S/C14H20N2OS/c1-10(2)9-18-6-5-15-12-4-3-11-8-16-14(17)13(11)7-12/h3-4,7,10,15H,5-6,8-9H2,1-2H3,(H,16,17). The van der Waals surface area contributed by atoms with Crippen molar-refractivity contribution >= 4 is 23.4 Å². The SMILES string of the molecule is CC(C)CSCCNc1ccc2c(c1)C(=O)NC2. The number of fused-ring (bicyclic) bond motifs is 1. The lowest BCUT2D eigenvalue weighted by atomic mass is 10.1. The summed E-state index contributed by atoms with van der Waals surface area (Å²) < 4.78 is 0. The molecule has 0 saturated carbocycles. The second-order valence-corrected chi connectivity index (χ2v) is 6.10. The van der Waals surface area contributed by atoms with E-state index in [1.807, 2.05) is 30.0 Å². The number of thioether (sulfide) groups is 1. The zero-order valence-corrected chi connectivity index (χ0v) is 11.8. The summed E-state index contributed by atoms with van der Waals surface area (Å²) in [4.78, 5) is 11.5. The van der Waals surface area contributed by atoms with Gasteiger partial charge in [-0.15, -0.1) is 0 Å². The fourth-order valence-corrected chi connectivity index (χ4v) is 2.79. The van der Waals surface area contributed by atoms with Gasteiger partial charge in [0.2, 0.25) is 0 Å². The number of benzene rings is 1. The molecule has 0 unspecified atom stereocenters. The average Bonchev–Trinajstić information content (AvgIpc) is 2.70. The third-order valence-corrected chi connectivity index (χ3v) is 4.22. The molecule has 0 aromatic heterocycles. The highest BCUT2D eigenvalue weighted by Crippen LogP contribution is 2.20. The average molecular weight is 264 g/mol. The van der Waals surface area contributed by atoms with Crippen molar-refractivity contribution in [1.82, 2.24) is 5.32 Å². The van der Waals surface area contributed by atoms with Crippen LogP contribution in [0.1, 0.15) is 29.8 Å². The quantitative estimate of drug-likeness (QED) is 0.776. The fraction of sp³-hybridized carbons (Fsp3) is 0.500. The van der Waals surface area contributed by atoms with Crippen LogP contribution in [0.3, 0.4) is 0 Å². The molecule has 1 aliphatic rings. The lowest BCUT2D eigenvalue weighted by Crippen LogP contribution is -2.12. The molecule has 0 aliphatic carbocycles. The lowest BCUT2D eigenvalue weighted by Gasteiger charge is -2.08. The third-order valence-electron chi connectivity index (χ3n) is 2.82. The number of nitrogens with one attached hydrogen (secondary N) is 2. The van der Waals surface area contributed by atoms with Gasteiger partial charge in [0.05, 0.1) is 0 Å². The van der Waals surface area contributed by atoms with Crippen LogP contribution in [-0.2, 0) is 6.54 Å². The first kappa shape index (κ1) is 13.3. The van der Waals surface area contributed by atoms with E-state index in [1.54, 1.807) is 0 Å². The van der Waals surface area contributed by atoms with Crippen LogP contribution in [0.25, 0.3) is 0 Å². The van der Waals surface area contributed by atoms with Crippen molar-refractivity contribution in [2.45, 2.75) is 20.4 Å². The van der Waals surface area contributed by atoms with Crippen molar-refractivity contribution in [3.05, 3.63) is 29.3 Å². The second kappa shape index (κ2) is 6.14. The lowest BCUT2D eigenvalue weighted by molar-refractivity contribution is 0.0966. The number of amides is 1. The molecule has 0 saturated heterocycles. The Morgan fingerprint density at radius 2 is 2.28 bits per heavy atom. The molecule has 1 amide bonds. The normalized spacial score (nSPS) is 13.6. The van der Waals surface area contributed by atoms with Crippen LogP contribution in [0.4, 0.5) is 5.69 Å². The highest BCUT2D eigenvalue weighted by Gasteiger charge is 2.18. The molecule has 0 bridgehead atoms. The van der Waals surface area contributed by atoms with Crippen molar-refractivity contribution in [2.24, 2.45) is 5.92 Å². The van der Waals surface area contributed by atoms with Gasteiger partial charge in [0.25, 0.3) is 5.91 Å². The van der Waals surface area contributed by atoms with Gasteiger partial charge in [-0.2, -0.15) is 11.8 Å². The summed E-state index contributed by atoms with van der Waals surface area (Å²) in [6, 6.07) is 6.02. The van der Waals surface area contributed by atoms with Gasteiger partial charge in [0.15, 0.2) is 0 Å². The molecule has 1 aromatic carbocycles. The van der Waals surface area contributed by atoms with E-state index < -0.39 is 0 Å². The first-order valence-corrected chi connectivity index (χ1v) is 7.55. The summed E-state index contributed by atoms with van der Waals surface area (Å²) in [6.45, 7) is 6.08. The van der Waals surface area contributed by atoms with Gasteiger partial charge in [0, 0.05) is 30.1 Å². The maximum Gasteiger partial charge on any atom is 0.251 e. The Labute approximate surface area is 113 Å². The third kappa shape index (κ3) is 3.42. The number of carbonyl (C=O) groups excluding carboxylic acids is 1. The molecule has 3 nitrogen and oxygen atoms in total. The Morgan fingerprint density at radius 1 is 1.44 bits per heavy atom. The van der Waals surface area contributed by atoms with E-state index in [0.29, 0.717) is 6.54 Å². The first-order chi connectivity index (χ1) is 8.66. The fourth-order valence-electron chi connectivity index (χ4n) is 1.91. The molecule has 2 rings (SSSR count). The van der Waals surface area contributed by atoms with Crippen molar-refractivity contribution in [1.29, 1.82) is 0 Å². The van der Waals surface area contributed by atoms with Gasteiger partial charge < -0.3 is 10.6 Å². The maximum absolute atomic E-state index is 11.5. The van der Waals surface area contributed by atoms with E-state index in [1.165, 1.54) is 5.75 Å². The molecule has 2 N–H and O–H groups in total. The number of hydrogen-bond donors (Lipinski definition) is 2. The zero-order valence-electron chi connectivity index (χ0n) is 11.0. The van der Waals surface area contributed by atoms with E-state index in [0.717, 1.165) is 35.0 Å². The Balaban J connectivity index is 1.80. The molecule has 1 aliphatic heterocycles. The number of rotatable bonds is 6. The van der Waals surface area contributed by atoms with Crippen LogP contribution in [0, 0.1) is 5.92 Å². The summed E-state index contributed by atoms with van der Waals surface area (Å²) in [5, 5.41) is 6.20. The summed E-state index contributed by atoms with van der Waals surface area (Å²) in [5.74, 6) is 3.09. The molecular weight excluding hydrogens is 244 g/mol. The van der Waals surface area contributed by atoms with Gasteiger partial charge in [-0.1, -0.05) is 19.9 Å². The minimum absolute atomic E-state index is 0.0443. The zero-order chi connectivity index (χ0) is 13.0. The smallest absolute Gasteiger partial charge is 0.251 e. The van der Waals surface area contributed by atoms with Crippen molar-refractivity contribution in [2.75, 3.05) is 23.4 Å². The highest BCUT2D eigenvalue weighted by atomic mass is 32.2. The molecule has 18 heavy (non-hydrogen) atoms. The summed E-state index contributed by atoms with van der Waals surface area (Å²) in [6.07, 6.45) is 0. The molecular formula is C14H20N2OS. The van der Waals surface area contributed by atoms with E-state index >= 15 is 0 Å². The molecule has 0 radical (unpaired) electrons. The van der Waals surface area contributed by atoms with E-state index in [-0.39, 0.29) is 5.91 Å². The van der Waals surface area contributed by atoms with Crippen molar-refractivity contribution in [3.63, 3.8) is 0 Å². The number of anilines is 1. The Kier molecular flexibility index (Phi) is 4.53. The summed E-state index contributed by atoms with van der Waals surface area (Å²) in [5.41, 5.74) is 2.95. The van der Waals surface area contributed by atoms with E-state index in [2.05, 4.69) is 24.5 Å². The van der Waals surface area contributed by atoms with Gasteiger partial charge in [-0.05, 0) is 29.4 Å². The molecule has 4 heteroatoms. The minimum atomic E-state index is 0.0443. The topological polar surface area (TPSA) is 41.1 Å². The van der Waals surface area contributed by atoms with Gasteiger partial charge in [0.1, 0.15) is 0 Å². The first-order valence-electron chi connectivity index (χ1n) is 6.39. The molecule has 1 aromatic rings. The molecule has 0 fully saturated rings. The summed E-state index contributed by atoms with van der Waals surface area (Å²) in [7, 11) is 0. The van der Waals surface area contributed by atoms with Crippen LogP contribution in [-0.4, -0.2) is 24.0 Å². The Hall–Kier alpha value is -1.16.